The van der Waals surface area contributed by atoms with Crippen molar-refractivity contribution in [2.24, 2.45) is 0 Å². The summed E-state index contributed by atoms with van der Waals surface area (Å²) in [4.78, 5) is 71.8. The van der Waals surface area contributed by atoms with Crippen LogP contribution in [0.4, 0.5) is 14.4 Å². The summed E-state index contributed by atoms with van der Waals surface area (Å²) in [5, 5.41) is 17.9. The van der Waals surface area contributed by atoms with Crippen LogP contribution in [0.1, 0.15) is 98.4 Å². The van der Waals surface area contributed by atoms with Crippen molar-refractivity contribution >= 4 is 30.2 Å². The molecule has 0 radical (unpaired) electrons. The van der Waals surface area contributed by atoms with Gasteiger partial charge in [0.05, 0.1) is 16.7 Å². The molecule has 58 heavy (non-hydrogen) atoms. The Morgan fingerprint density at radius 1 is 0.983 bits per heavy atom. The zero-order valence-corrected chi connectivity index (χ0v) is 34.8. The van der Waals surface area contributed by atoms with Gasteiger partial charge in [0.15, 0.2) is 17.6 Å². The average molecular weight is 810 g/mol. The number of piperidine rings is 1. The maximum atomic E-state index is 14.3. The van der Waals surface area contributed by atoms with Crippen molar-refractivity contribution in [2.45, 2.75) is 140 Å². The summed E-state index contributed by atoms with van der Waals surface area (Å²) in [7, 11) is 1.96. The lowest BCUT2D eigenvalue weighted by molar-refractivity contribution is -0.170. The molecule has 6 rings (SSSR count). The van der Waals surface area contributed by atoms with E-state index in [9.17, 15) is 29.1 Å². The van der Waals surface area contributed by atoms with E-state index in [0.717, 1.165) is 10.1 Å². The lowest BCUT2D eigenvalue weighted by atomic mass is 9.50. The Labute approximate surface area is 337 Å². The van der Waals surface area contributed by atoms with E-state index < -0.39 is 70.2 Å². The smallest absolute Gasteiger partial charge is 0.477 e. The van der Waals surface area contributed by atoms with Gasteiger partial charge in [0.1, 0.15) is 34.9 Å². The van der Waals surface area contributed by atoms with Crippen molar-refractivity contribution in [3.05, 3.63) is 53.3 Å². The third-order valence-electron chi connectivity index (χ3n) is 10.4. The number of nitrogens with zero attached hydrogens (tertiary/aromatic N) is 3. The molecule has 3 heterocycles. The number of likely N-dealkylation sites (N-methyl/N-ethyl adjacent to an activating group) is 1. The van der Waals surface area contributed by atoms with Crippen molar-refractivity contribution in [3.8, 4) is 11.5 Å². The van der Waals surface area contributed by atoms with E-state index in [1.165, 1.54) is 12.5 Å². The Hall–Kier alpha value is -5.16. The minimum absolute atomic E-state index is 0.0815. The summed E-state index contributed by atoms with van der Waals surface area (Å²) in [6.07, 6.45) is 1.64. The summed E-state index contributed by atoms with van der Waals surface area (Å²) >= 11 is 0. The molecule has 17 heteroatoms. The van der Waals surface area contributed by atoms with Crippen LogP contribution in [0.5, 0.6) is 11.5 Å². The van der Waals surface area contributed by atoms with Gasteiger partial charge in [-0.3, -0.25) is 4.79 Å². The molecule has 1 unspecified atom stereocenters. The summed E-state index contributed by atoms with van der Waals surface area (Å²) in [5.74, 6) is -0.964. The van der Waals surface area contributed by atoms with Gasteiger partial charge >= 0.3 is 24.3 Å². The fraction of sp³-hybridized carbons (Fsp3) is 0.610. The van der Waals surface area contributed by atoms with Gasteiger partial charge in [-0.25, -0.2) is 28.7 Å². The molecule has 2 bridgehead atoms. The van der Waals surface area contributed by atoms with Gasteiger partial charge in [0, 0.05) is 43.6 Å². The summed E-state index contributed by atoms with van der Waals surface area (Å²) in [5.41, 5.74) is -2.87. The predicted molar refractivity (Wildman–Crippen MR) is 206 cm³/mol. The summed E-state index contributed by atoms with van der Waals surface area (Å²) in [6, 6.07) is 1.89. The Kier molecular flexibility index (Phi) is 11.1. The van der Waals surface area contributed by atoms with Crippen molar-refractivity contribution in [2.75, 3.05) is 20.1 Å². The standard InChI is InChI=1S/C41H55N5O12/c1-37(2,3)56-34(49)42-17-14-29(47)44-25(20-24-21-46(22-43-24)35(50)57-38(4,5)6)33(48)53-27-13-15-41(52)28-19-23-11-12-26(54-36(51)58-39(7,8)9)31-30(23)40(41,32(27)55-31)16-18-45(28)10/h11-13,21-22,25,28,32,52H,14-20H2,1-10H3,(H,42,49)(H,44,47)/t25?,28-,32+,40+,41-/m1/s1. The number of likely N-dealkylation sites (tertiary alicyclic amines) is 1. The molecule has 0 saturated carbocycles. The summed E-state index contributed by atoms with van der Waals surface area (Å²) < 4.78 is 35.7. The highest BCUT2D eigenvalue weighted by Crippen LogP contribution is 2.65. The van der Waals surface area contributed by atoms with Crippen LogP contribution in [0.3, 0.4) is 0 Å². The topological polar surface area (TPSA) is 206 Å². The molecule has 2 aliphatic heterocycles. The first-order chi connectivity index (χ1) is 26.9. The Morgan fingerprint density at radius 2 is 1.67 bits per heavy atom. The van der Waals surface area contributed by atoms with Crippen LogP contribution in [-0.4, -0.2) is 111 Å². The fourth-order valence-corrected chi connectivity index (χ4v) is 8.20. The Morgan fingerprint density at radius 3 is 2.34 bits per heavy atom. The first-order valence-electron chi connectivity index (χ1n) is 19.5. The van der Waals surface area contributed by atoms with E-state index in [1.54, 1.807) is 74.5 Å². The highest BCUT2D eigenvalue weighted by molar-refractivity contribution is 5.86. The number of rotatable bonds is 9. The number of imidazole rings is 1. The second-order valence-electron chi connectivity index (χ2n) is 18.3. The zero-order chi connectivity index (χ0) is 42.6. The van der Waals surface area contributed by atoms with Crippen LogP contribution < -0.4 is 20.1 Å². The van der Waals surface area contributed by atoms with Gasteiger partial charge in [-0.15, -0.1) is 0 Å². The first kappa shape index (κ1) is 42.4. The molecule has 1 aromatic heterocycles. The largest absolute Gasteiger partial charge is 0.514 e. The number of hydrogen-bond donors (Lipinski definition) is 3. The van der Waals surface area contributed by atoms with Gasteiger partial charge < -0.3 is 49.1 Å². The molecule has 1 saturated heterocycles. The molecule has 4 aliphatic rings. The number of benzene rings is 1. The van der Waals surface area contributed by atoms with Gasteiger partial charge in [-0.1, -0.05) is 6.07 Å². The maximum absolute atomic E-state index is 14.3. The van der Waals surface area contributed by atoms with Crippen LogP contribution in [0.2, 0.25) is 0 Å². The second-order valence-corrected chi connectivity index (χ2v) is 18.3. The van der Waals surface area contributed by atoms with E-state index in [2.05, 4.69) is 20.5 Å². The van der Waals surface area contributed by atoms with E-state index >= 15 is 0 Å². The van der Waals surface area contributed by atoms with E-state index in [-0.39, 0.29) is 54.8 Å². The van der Waals surface area contributed by atoms with Gasteiger partial charge in [-0.05, 0) is 106 Å². The summed E-state index contributed by atoms with van der Waals surface area (Å²) in [6.45, 7) is 16.0. The normalized spacial score (nSPS) is 23.9. The van der Waals surface area contributed by atoms with Crippen molar-refractivity contribution in [1.82, 2.24) is 25.1 Å². The molecule has 2 aliphatic carbocycles. The maximum Gasteiger partial charge on any atom is 0.514 e. The minimum atomic E-state index is -1.34. The van der Waals surface area contributed by atoms with E-state index in [1.807, 2.05) is 13.1 Å². The second kappa shape index (κ2) is 15.2. The molecular formula is C41H55N5O12. The number of esters is 1. The third-order valence-corrected chi connectivity index (χ3v) is 10.4. The lowest BCUT2D eigenvalue weighted by Crippen LogP contribution is -2.74. The molecule has 17 nitrogen and oxygen atoms in total. The van der Waals surface area contributed by atoms with Gasteiger partial charge in [0.2, 0.25) is 5.91 Å². The quantitative estimate of drug-likeness (QED) is 0.182. The first-order valence-corrected chi connectivity index (χ1v) is 19.5. The van der Waals surface area contributed by atoms with E-state index in [4.69, 9.17) is 28.4 Å². The van der Waals surface area contributed by atoms with Crippen LogP contribution in [0, 0.1) is 0 Å². The van der Waals surface area contributed by atoms with Crippen LogP contribution in [0.25, 0.3) is 0 Å². The highest BCUT2D eigenvalue weighted by Gasteiger charge is 2.72. The number of ether oxygens (including phenoxy) is 6. The average Bonchev–Trinajstić information content (AvgIpc) is 3.69. The fourth-order valence-electron chi connectivity index (χ4n) is 8.20. The molecule has 3 N–H and O–H groups in total. The SMILES string of the molecule is CN1CC[C@]23c4c5ccc(OC(=O)OC(C)(C)C)c4O[C@H]2C(OC(=O)C(Cc2cn(C(=O)OC(C)(C)C)cn2)NC(=O)CCNC(=O)OC(C)(C)C)=CC[C@@]3(O)[C@H]1C5. The third kappa shape index (κ3) is 8.65. The Balaban J connectivity index is 1.28. The van der Waals surface area contributed by atoms with E-state index in [0.29, 0.717) is 24.9 Å². The minimum Gasteiger partial charge on any atom is -0.477 e. The number of aliphatic hydroxyl groups is 1. The molecule has 2 aromatic rings. The van der Waals surface area contributed by atoms with Crippen LogP contribution >= 0.6 is 0 Å². The zero-order valence-electron chi connectivity index (χ0n) is 34.8. The van der Waals surface area contributed by atoms with Crippen molar-refractivity contribution < 1.29 is 57.5 Å². The number of amides is 2. The van der Waals surface area contributed by atoms with Gasteiger partial charge in [-0.2, -0.15) is 0 Å². The lowest BCUT2D eigenvalue weighted by Gasteiger charge is -2.61. The van der Waals surface area contributed by atoms with Crippen LogP contribution in [0.15, 0.2) is 36.5 Å². The Bertz CT molecular complexity index is 2010. The molecule has 1 spiro atoms. The highest BCUT2D eigenvalue weighted by atomic mass is 16.7. The molecule has 316 valence electrons. The number of carbonyl (C=O) groups excluding carboxylic acids is 5. The number of hydrogen-bond acceptors (Lipinski definition) is 14. The number of carbonyl (C=O) groups is 5. The number of nitrogens with one attached hydrogen (secondary N) is 2. The van der Waals surface area contributed by atoms with Crippen LogP contribution in [-0.2, 0) is 46.8 Å². The number of aromatic nitrogens is 2. The molecule has 1 fully saturated rings. The van der Waals surface area contributed by atoms with Crippen molar-refractivity contribution in [1.29, 1.82) is 0 Å². The molecular weight excluding hydrogens is 754 g/mol. The molecule has 5 atom stereocenters. The van der Waals surface area contributed by atoms with Gasteiger partial charge in [0.25, 0.3) is 0 Å². The molecule has 2 amide bonds. The van der Waals surface area contributed by atoms with Crippen molar-refractivity contribution in [3.63, 3.8) is 0 Å². The molecule has 1 aromatic carbocycles. The monoisotopic (exact) mass is 809 g/mol. The predicted octanol–water partition coefficient (Wildman–Crippen LogP) is 4.44. The number of alkyl carbamates (subject to hydrolysis) is 1.